The Morgan fingerprint density at radius 2 is 1.91 bits per heavy atom. The van der Waals surface area contributed by atoms with Crippen LogP contribution in [0.5, 0.6) is 5.75 Å². The van der Waals surface area contributed by atoms with Gasteiger partial charge in [0.2, 0.25) is 5.78 Å². The van der Waals surface area contributed by atoms with Gasteiger partial charge >= 0.3 is 0 Å². The Labute approximate surface area is 137 Å². The summed E-state index contributed by atoms with van der Waals surface area (Å²) in [7, 11) is 4.64. The molecule has 0 N–H and O–H groups in total. The van der Waals surface area contributed by atoms with Crippen molar-refractivity contribution in [1.82, 2.24) is 0 Å². The second-order valence-corrected chi connectivity index (χ2v) is 6.83. The zero-order valence-corrected chi connectivity index (χ0v) is 14.4. The molecule has 1 aromatic carbocycles. The van der Waals surface area contributed by atoms with E-state index in [1.165, 1.54) is 14.2 Å². The van der Waals surface area contributed by atoms with Gasteiger partial charge < -0.3 is 14.2 Å². The third kappa shape index (κ3) is 1.88. The quantitative estimate of drug-likeness (QED) is 0.631. The second-order valence-electron chi connectivity index (χ2n) is 6.83. The first kappa shape index (κ1) is 16.2. The van der Waals surface area contributed by atoms with Crippen molar-refractivity contribution in [3.8, 4) is 5.75 Å². The summed E-state index contributed by atoms with van der Waals surface area (Å²) in [6.07, 6.45) is 0.784. The molecule has 0 aliphatic heterocycles. The van der Waals surface area contributed by atoms with Crippen LogP contribution in [0.4, 0.5) is 0 Å². The molecule has 23 heavy (non-hydrogen) atoms. The highest BCUT2D eigenvalue weighted by Crippen LogP contribution is 2.65. The van der Waals surface area contributed by atoms with Crippen molar-refractivity contribution in [2.75, 3.05) is 21.3 Å². The molecule has 0 aromatic heterocycles. The van der Waals surface area contributed by atoms with Crippen molar-refractivity contribution in [3.63, 3.8) is 0 Å². The summed E-state index contributed by atoms with van der Waals surface area (Å²) in [6, 6.07) is 5.82. The third-order valence-electron chi connectivity index (χ3n) is 5.89. The van der Waals surface area contributed by atoms with E-state index in [2.05, 4.69) is 13.5 Å². The lowest BCUT2D eigenvalue weighted by Gasteiger charge is -2.58. The molecule has 0 spiro atoms. The Kier molecular flexibility index (Phi) is 3.65. The highest BCUT2D eigenvalue weighted by molar-refractivity contribution is 5.94. The van der Waals surface area contributed by atoms with E-state index >= 15 is 0 Å². The molecule has 0 radical (unpaired) electrons. The van der Waals surface area contributed by atoms with E-state index in [1.807, 2.05) is 25.1 Å². The Hall–Kier alpha value is -1.65. The van der Waals surface area contributed by atoms with E-state index in [1.54, 1.807) is 7.11 Å². The summed E-state index contributed by atoms with van der Waals surface area (Å²) >= 11 is 0. The monoisotopic (exact) mass is 316 g/mol. The smallest absolute Gasteiger partial charge is 0.256 e. The maximum absolute atomic E-state index is 13.1. The minimum Gasteiger partial charge on any atom is -0.497 e. The van der Waals surface area contributed by atoms with E-state index in [0.717, 1.165) is 23.1 Å². The lowest BCUT2D eigenvalue weighted by atomic mass is 9.46. The summed E-state index contributed by atoms with van der Waals surface area (Å²) < 4.78 is 16.5. The molecule has 1 aromatic rings. The number of allylic oxidation sites excluding steroid dienone is 1. The fourth-order valence-electron chi connectivity index (χ4n) is 4.33. The number of benzene rings is 1. The average Bonchev–Trinajstić information content (AvgIpc) is 2.54. The predicted molar refractivity (Wildman–Crippen MR) is 87.5 cm³/mol. The Bertz CT molecular complexity index is 674. The molecule has 2 aliphatic carbocycles. The van der Waals surface area contributed by atoms with E-state index < -0.39 is 5.79 Å². The fourth-order valence-corrected chi connectivity index (χ4v) is 4.33. The second kappa shape index (κ2) is 5.18. The van der Waals surface area contributed by atoms with E-state index in [9.17, 15) is 4.79 Å². The first-order valence-electron chi connectivity index (χ1n) is 7.84. The van der Waals surface area contributed by atoms with Gasteiger partial charge in [-0.1, -0.05) is 25.1 Å². The number of carbonyl (C=O) groups excluding carboxylic acids is 1. The number of hydrogen-bond donors (Lipinski definition) is 0. The van der Waals surface area contributed by atoms with Gasteiger partial charge in [-0.05, 0) is 36.5 Å². The molecule has 0 heterocycles. The molecule has 4 nitrogen and oxygen atoms in total. The van der Waals surface area contributed by atoms with E-state index in [-0.39, 0.29) is 23.0 Å². The van der Waals surface area contributed by atoms with Gasteiger partial charge in [0.15, 0.2) is 0 Å². The van der Waals surface area contributed by atoms with Gasteiger partial charge in [0, 0.05) is 31.6 Å². The van der Waals surface area contributed by atoms with Crippen molar-refractivity contribution in [3.05, 3.63) is 41.5 Å². The van der Waals surface area contributed by atoms with Crippen LogP contribution in [0.1, 0.15) is 37.3 Å². The molecule has 3 rings (SSSR count). The van der Waals surface area contributed by atoms with Crippen molar-refractivity contribution < 1.29 is 19.0 Å². The Morgan fingerprint density at radius 3 is 2.43 bits per heavy atom. The first-order valence-corrected chi connectivity index (χ1v) is 7.84. The predicted octanol–water partition coefficient (Wildman–Crippen LogP) is 3.41. The van der Waals surface area contributed by atoms with Gasteiger partial charge in [0.1, 0.15) is 5.75 Å². The van der Waals surface area contributed by atoms with E-state index in [4.69, 9.17) is 14.2 Å². The SMILES string of the molecule is C=C(C)[C@@]1(C)C[C@@H]2C(=O)C(OC)(OC)c3cc(OC)ccc3[C@@H]21. The lowest BCUT2D eigenvalue weighted by Crippen LogP contribution is -2.59. The van der Waals surface area contributed by atoms with Gasteiger partial charge in [0.05, 0.1) is 7.11 Å². The number of carbonyl (C=O) groups is 1. The fraction of sp³-hybridized carbons (Fsp3) is 0.526. The van der Waals surface area contributed by atoms with Gasteiger partial charge in [-0.15, -0.1) is 0 Å². The zero-order valence-electron chi connectivity index (χ0n) is 14.4. The normalized spacial score (nSPS) is 30.9. The minimum absolute atomic E-state index is 0.00743. The average molecular weight is 316 g/mol. The molecule has 2 aliphatic rings. The van der Waals surface area contributed by atoms with Crippen LogP contribution >= 0.6 is 0 Å². The molecule has 3 atom stereocenters. The highest BCUT2D eigenvalue weighted by atomic mass is 16.7. The van der Waals surface area contributed by atoms with Gasteiger partial charge in [-0.3, -0.25) is 4.79 Å². The molecule has 1 fully saturated rings. The van der Waals surface area contributed by atoms with Crippen LogP contribution in [0.2, 0.25) is 0 Å². The first-order chi connectivity index (χ1) is 10.9. The summed E-state index contributed by atoms with van der Waals surface area (Å²) in [5.74, 6) is -0.650. The van der Waals surface area contributed by atoms with Crippen LogP contribution in [0, 0.1) is 11.3 Å². The van der Waals surface area contributed by atoms with Crippen LogP contribution in [0.25, 0.3) is 0 Å². The van der Waals surface area contributed by atoms with Gasteiger partial charge in [-0.2, -0.15) is 0 Å². The molecule has 0 unspecified atom stereocenters. The number of Topliss-reactive ketones (excluding diaryl/α,β-unsaturated/α-hetero) is 1. The van der Waals surface area contributed by atoms with Crippen molar-refractivity contribution in [1.29, 1.82) is 0 Å². The molecule has 0 amide bonds. The largest absolute Gasteiger partial charge is 0.497 e. The standard InChI is InChI=1S/C19H24O4/c1-11(2)18(3)10-14-16(18)13-8-7-12(21-4)9-15(13)19(22-5,23-6)17(14)20/h7-9,14,16H,1,10H2,2-6H3/t14-,16-,18+/m0/s1. The van der Waals surface area contributed by atoms with Gasteiger partial charge in [0.25, 0.3) is 5.79 Å². The van der Waals surface area contributed by atoms with Gasteiger partial charge in [-0.25, -0.2) is 0 Å². The van der Waals surface area contributed by atoms with Crippen molar-refractivity contribution in [2.45, 2.75) is 32.0 Å². The summed E-state index contributed by atoms with van der Waals surface area (Å²) in [6.45, 7) is 8.37. The number of ketones is 1. The highest BCUT2D eigenvalue weighted by Gasteiger charge is 2.64. The van der Waals surface area contributed by atoms with Crippen LogP contribution in [-0.2, 0) is 20.1 Å². The van der Waals surface area contributed by atoms with Crippen molar-refractivity contribution in [2.24, 2.45) is 11.3 Å². The van der Waals surface area contributed by atoms with Crippen LogP contribution in [0.15, 0.2) is 30.4 Å². The molecular weight excluding hydrogens is 292 g/mol. The summed E-state index contributed by atoms with van der Waals surface area (Å²) in [5.41, 5.74) is 2.88. The number of hydrogen-bond acceptors (Lipinski definition) is 4. The lowest BCUT2D eigenvalue weighted by molar-refractivity contribution is -0.227. The zero-order chi connectivity index (χ0) is 17.0. The summed E-state index contributed by atoms with van der Waals surface area (Å²) in [5, 5.41) is 0. The number of rotatable bonds is 4. The maximum atomic E-state index is 13.1. The third-order valence-corrected chi connectivity index (χ3v) is 5.89. The molecule has 0 bridgehead atoms. The molecule has 124 valence electrons. The number of ether oxygens (including phenoxy) is 3. The van der Waals surface area contributed by atoms with Crippen molar-refractivity contribution >= 4 is 5.78 Å². The molecule has 1 saturated carbocycles. The van der Waals surface area contributed by atoms with E-state index in [0.29, 0.717) is 5.75 Å². The summed E-state index contributed by atoms with van der Waals surface area (Å²) in [4.78, 5) is 13.1. The molecular formula is C19H24O4. The Morgan fingerprint density at radius 1 is 1.26 bits per heavy atom. The maximum Gasteiger partial charge on any atom is 0.256 e. The number of fused-ring (bicyclic) bond motifs is 3. The van der Waals surface area contributed by atoms with Crippen LogP contribution in [0.3, 0.4) is 0 Å². The molecule has 4 heteroatoms. The topological polar surface area (TPSA) is 44.8 Å². The minimum atomic E-state index is -1.35. The van der Waals surface area contributed by atoms with Crippen LogP contribution < -0.4 is 4.74 Å². The molecule has 0 saturated heterocycles. The van der Waals surface area contributed by atoms with Crippen LogP contribution in [-0.4, -0.2) is 27.1 Å². The Balaban J connectivity index is 2.24. The number of methoxy groups -OCH3 is 3.